The molecule has 18 heavy (non-hydrogen) atoms. The van der Waals surface area contributed by atoms with E-state index >= 15 is 0 Å². The summed E-state index contributed by atoms with van der Waals surface area (Å²) in [7, 11) is 0. The lowest BCUT2D eigenvalue weighted by Gasteiger charge is -2.31. The van der Waals surface area contributed by atoms with Crippen molar-refractivity contribution in [2.75, 3.05) is 11.9 Å². The van der Waals surface area contributed by atoms with Crippen molar-refractivity contribution in [2.24, 2.45) is 4.99 Å². The van der Waals surface area contributed by atoms with E-state index < -0.39 is 0 Å². The second kappa shape index (κ2) is 6.35. The highest BCUT2D eigenvalue weighted by atomic mass is 35.5. The maximum atomic E-state index is 5.85. The molecular formula is C12H16ClN5. The van der Waals surface area contributed by atoms with Gasteiger partial charge in [0, 0.05) is 18.8 Å². The summed E-state index contributed by atoms with van der Waals surface area (Å²) in [5.74, 6) is 0.733. The quantitative estimate of drug-likeness (QED) is 0.832. The van der Waals surface area contributed by atoms with Crippen LogP contribution >= 0.6 is 11.6 Å². The minimum atomic E-state index is 0.162. The van der Waals surface area contributed by atoms with E-state index in [1.54, 1.807) is 12.3 Å². The first-order valence-corrected chi connectivity index (χ1v) is 6.35. The van der Waals surface area contributed by atoms with Gasteiger partial charge in [-0.25, -0.2) is 15.0 Å². The molecule has 0 bridgehead atoms. The molecule has 1 aliphatic heterocycles. The Kier molecular flexibility index (Phi) is 4.52. The summed E-state index contributed by atoms with van der Waals surface area (Å²) >= 11 is 5.85. The van der Waals surface area contributed by atoms with Crippen molar-refractivity contribution in [2.45, 2.75) is 25.9 Å². The second-order valence-corrected chi connectivity index (χ2v) is 4.41. The van der Waals surface area contributed by atoms with E-state index in [0.29, 0.717) is 5.15 Å². The Morgan fingerprint density at radius 3 is 3.06 bits per heavy atom. The molecule has 2 rings (SSSR count). The molecule has 1 atom stereocenters. The fourth-order valence-electron chi connectivity index (χ4n) is 1.79. The van der Waals surface area contributed by atoms with E-state index in [9.17, 15) is 0 Å². The SMILES string of the molecule is CCCC(Nc1cc(Cl)ncn1)N1C=NC=CC1. The molecule has 1 aromatic heterocycles. The number of hydrogen-bond donors (Lipinski definition) is 1. The van der Waals surface area contributed by atoms with Crippen molar-refractivity contribution in [3.63, 3.8) is 0 Å². The number of nitrogens with zero attached hydrogens (tertiary/aromatic N) is 4. The largest absolute Gasteiger partial charge is 0.350 e. The molecule has 0 fully saturated rings. The fourth-order valence-corrected chi connectivity index (χ4v) is 1.93. The molecular weight excluding hydrogens is 250 g/mol. The molecule has 1 aliphatic rings. The van der Waals surface area contributed by atoms with E-state index in [4.69, 9.17) is 11.6 Å². The van der Waals surface area contributed by atoms with Crippen LogP contribution in [0.1, 0.15) is 19.8 Å². The van der Waals surface area contributed by atoms with Gasteiger partial charge in [0.05, 0.1) is 6.34 Å². The normalized spacial score (nSPS) is 15.8. The Labute approximate surface area is 112 Å². The summed E-state index contributed by atoms with van der Waals surface area (Å²) in [6, 6.07) is 1.72. The highest BCUT2D eigenvalue weighted by Crippen LogP contribution is 2.14. The molecule has 96 valence electrons. The van der Waals surface area contributed by atoms with Crippen LogP contribution in [0.4, 0.5) is 5.82 Å². The van der Waals surface area contributed by atoms with Crippen LogP contribution in [0.2, 0.25) is 5.15 Å². The van der Waals surface area contributed by atoms with Crippen LogP contribution in [-0.4, -0.2) is 33.9 Å². The van der Waals surface area contributed by atoms with Gasteiger partial charge in [0.25, 0.3) is 0 Å². The minimum Gasteiger partial charge on any atom is -0.350 e. The standard InChI is InChI=1S/C12H16ClN5/c1-2-4-12(18-6-3-5-14-9-18)17-11-7-10(13)15-8-16-11/h3,5,7-9,12H,2,4,6H2,1H3,(H,15,16,17). The Balaban J connectivity index is 2.06. The molecule has 2 heterocycles. The molecule has 0 spiro atoms. The number of aliphatic imine (C=N–C) groups is 1. The van der Waals surface area contributed by atoms with Crippen LogP contribution in [0.3, 0.4) is 0 Å². The summed E-state index contributed by atoms with van der Waals surface area (Å²) in [6.45, 7) is 3.00. The van der Waals surface area contributed by atoms with Crippen molar-refractivity contribution in [3.8, 4) is 0 Å². The van der Waals surface area contributed by atoms with Crippen molar-refractivity contribution in [3.05, 3.63) is 29.8 Å². The first-order chi connectivity index (χ1) is 8.79. The molecule has 0 aliphatic carbocycles. The molecule has 0 saturated carbocycles. The fraction of sp³-hybridized carbons (Fsp3) is 0.417. The lowest BCUT2D eigenvalue weighted by molar-refractivity contribution is 0.354. The third kappa shape index (κ3) is 3.43. The molecule has 5 nitrogen and oxygen atoms in total. The maximum Gasteiger partial charge on any atom is 0.134 e. The van der Waals surface area contributed by atoms with Crippen LogP contribution in [0.15, 0.2) is 29.7 Å². The third-order valence-corrected chi connectivity index (χ3v) is 2.84. The number of hydrogen-bond acceptors (Lipinski definition) is 5. The molecule has 1 unspecified atom stereocenters. The smallest absolute Gasteiger partial charge is 0.134 e. The third-order valence-electron chi connectivity index (χ3n) is 2.63. The topological polar surface area (TPSA) is 53.4 Å². The first-order valence-electron chi connectivity index (χ1n) is 5.97. The zero-order valence-electron chi connectivity index (χ0n) is 10.3. The van der Waals surface area contributed by atoms with Gasteiger partial charge >= 0.3 is 0 Å². The van der Waals surface area contributed by atoms with E-state index in [2.05, 4.69) is 32.1 Å². The minimum absolute atomic E-state index is 0.162. The lowest BCUT2D eigenvalue weighted by Crippen LogP contribution is -2.41. The van der Waals surface area contributed by atoms with Crippen LogP contribution in [0.5, 0.6) is 0 Å². The van der Waals surface area contributed by atoms with E-state index in [-0.39, 0.29) is 6.17 Å². The van der Waals surface area contributed by atoms with Crippen LogP contribution in [-0.2, 0) is 0 Å². The molecule has 0 aromatic carbocycles. The summed E-state index contributed by atoms with van der Waals surface area (Å²) in [5.41, 5.74) is 0. The Bertz CT molecular complexity index is 446. The zero-order chi connectivity index (χ0) is 12.8. The monoisotopic (exact) mass is 265 g/mol. The molecule has 1 N–H and O–H groups in total. The van der Waals surface area contributed by atoms with Crippen molar-refractivity contribution >= 4 is 23.8 Å². The van der Waals surface area contributed by atoms with E-state index in [1.807, 2.05) is 12.4 Å². The molecule has 1 aromatic rings. The second-order valence-electron chi connectivity index (χ2n) is 4.02. The Morgan fingerprint density at radius 2 is 2.39 bits per heavy atom. The maximum absolute atomic E-state index is 5.85. The average molecular weight is 266 g/mol. The van der Waals surface area contributed by atoms with Crippen LogP contribution in [0.25, 0.3) is 0 Å². The predicted molar refractivity (Wildman–Crippen MR) is 73.7 cm³/mol. The van der Waals surface area contributed by atoms with Gasteiger partial charge in [-0.1, -0.05) is 24.9 Å². The molecule has 6 heteroatoms. The first kappa shape index (κ1) is 12.8. The van der Waals surface area contributed by atoms with E-state index in [0.717, 1.165) is 25.2 Å². The van der Waals surface area contributed by atoms with E-state index in [1.165, 1.54) is 6.33 Å². The van der Waals surface area contributed by atoms with Gasteiger partial charge in [0.1, 0.15) is 23.5 Å². The summed E-state index contributed by atoms with van der Waals surface area (Å²) in [4.78, 5) is 14.3. The predicted octanol–water partition coefficient (Wildman–Crippen LogP) is 2.53. The van der Waals surface area contributed by atoms with Gasteiger partial charge in [0.15, 0.2) is 0 Å². The van der Waals surface area contributed by atoms with Gasteiger partial charge in [-0.3, -0.25) is 0 Å². The van der Waals surface area contributed by atoms with Crippen LogP contribution < -0.4 is 5.32 Å². The number of halogens is 1. The van der Waals surface area contributed by atoms with Gasteiger partial charge in [-0.05, 0) is 12.5 Å². The summed E-state index contributed by atoms with van der Waals surface area (Å²) in [6.07, 6.45) is 9.37. The number of rotatable bonds is 5. The van der Waals surface area contributed by atoms with Crippen molar-refractivity contribution in [1.29, 1.82) is 0 Å². The summed E-state index contributed by atoms with van der Waals surface area (Å²) in [5, 5.41) is 3.80. The zero-order valence-corrected chi connectivity index (χ0v) is 11.0. The van der Waals surface area contributed by atoms with Crippen LogP contribution in [0, 0.1) is 0 Å². The number of anilines is 1. The number of aromatic nitrogens is 2. The average Bonchev–Trinajstić information content (AvgIpc) is 2.39. The van der Waals surface area contributed by atoms with Gasteiger partial charge in [-0.2, -0.15) is 0 Å². The number of nitrogens with one attached hydrogen (secondary N) is 1. The molecule has 0 saturated heterocycles. The van der Waals surface area contributed by atoms with Gasteiger partial charge in [-0.15, -0.1) is 0 Å². The Hall–Kier alpha value is -1.62. The Morgan fingerprint density at radius 1 is 1.50 bits per heavy atom. The van der Waals surface area contributed by atoms with Gasteiger partial charge < -0.3 is 10.2 Å². The molecule has 0 amide bonds. The lowest BCUT2D eigenvalue weighted by atomic mass is 10.2. The molecule has 0 radical (unpaired) electrons. The van der Waals surface area contributed by atoms with Crippen molar-refractivity contribution < 1.29 is 0 Å². The van der Waals surface area contributed by atoms with Gasteiger partial charge in [0.2, 0.25) is 0 Å². The summed E-state index contributed by atoms with van der Waals surface area (Å²) < 4.78 is 0. The highest BCUT2D eigenvalue weighted by Gasteiger charge is 2.15. The van der Waals surface area contributed by atoms with Crippen molar-refractivity contribution in [1.82, 2.24) is 14.9 Å². The highest BCUT2D eigenvalue weighted by molar-refractivity contribution is 6.29.